The fourth-order valence-corrected chi connectivity index (χ4v) is 3.31. The second kappa shape index (κ2) is 19.8. The van der Waals surface area contributed by atoms with Crippen LogP contribution in [0, 0.1) is 5.92 Å². The molecule has 0 nitrogen and oxygen atoms in total. The lowest BCUT2D eigenvalue weighted by Gasteiger charge is -2.09. The van der Waals surface area contributed by atoms with E-state index in [0.717, 1.165) is 5.92 Å². The summed E-state index contributed by atoms with van der Waals surface area (Å²) in [7, 11) is 0. The zero-order chi connectivity index (χ0) is 17.0. The Morgan fingerprint density at radius 1 is 0.565 bits per heavy atom. The molecule has 0 rings (SSSR count). The third-order valence-electron chi connectivity index (χ3n) is 5.09. The van der Waals surface area contributed by atoms with Crippen molar-refractivity contribution >= 4 is 0 Å². The Labute approximate surface area is 148 Å². The van der Waals surface area contributed by atoms with Crippen LogP contribution < -0.4 is 0 Å². The first-order chi connectivity index (χ1) is 11.3. The summed E-state index contributed by atoms with van der Waals surface area (Å²) >= 11 is 0. The molecule has 0 fully saturated rings. The van der Waals surface area contributed by atoms with Gasteiger partial charge in [0.15, 0.2) is 0 Å². The van der Waals surface area contributed by atoms with Crippen molar-refractivity contribution in [3.8, 4) is 0 Å². The van der Waals surface area contributed by atoms with Gasteiger partial charge in [0.2, 0.25) is 0 Å². The maximum Gasteiger partial charge on any atom is -0.0236 e. The zero-order valence-electron chi connectivity index (χ0n) is 16.8. The lowest BCUT2D eigenvalue weighted by atomic mass is 9.97. The number of rotatable bonds is 18. The van der Waals surface area contributed by atoms with Crippen LogP contribution in [-0.4, -0.2) is 0 Å². The van der Waals surface area contributed by atoms with Crippen molar-refractivity contribution in [3.05, 3.63) is 12.2 Å². The normalized spacial score (nSPS) is 13.0. The lowest BCUT2D eigenvalue weighted by molar-refractivity contribution is 0.516. The van der Waals surface area contributed by atoms with Crippen molar-refractivity contribution in [2.24, 2.45) is 5.92 Å². The number of allylic oxidation sites excluding steroid dienone is 2. The minimum absolute atomic E-state index is 0.843. The fraction of sp³-hybridized carbons (Fsp3) is 0.913. The molecule has 0 spiro atoms. The van der Waals surface area contributed by atoms with Gasteiger partial charge in [-0.2, -0.15) is 0 Å². The minimum atomic E-state index is 0.843. The van der Waals surface area contributed by atoms with Gasteiger partial charge in [0.25, 0.3) is 0 Å². The Hall–Kier alpha value is -0.260. The van der Waals surface area contributed by atoms with Crippen LogP contribution in [0.2, 0.25) is 0 Å². The molecule has 0 aromatic heterocycles. The van der Waals surface area contributed by atoms with Gasteiger partial charge < -0.3 is 0 Å². The Morgan fingerprint density at radius 3 is 1.57 bits per heavy atom. The van der Waals surface area contributed by atoms with Crippen LogP contribution in [0.3, 0.4) is 0 Å². The monoisotopic (exact) mass is 322 g/mol. The maximum absolute atomic E-state index is 2.51. The van der Waals surface area contributed by atoms with E-state index in [2.05, 4.69) is 32.9 Å². The molecule has 138 valence electrons. The highest BCUT2D eigenvalue weighted by Crippen LogP contribution is 2.17. The van der Waals surface area contributed by atoms with Gasteiger partial charge in [0, 0.05) is 0 Å². The molecule has 0 aliphatic rings. The predicted molar refractivity (Wildman–Crippen MR) is 108 cm³/mol. The van der Waals surface area contributed by atoms with Gasteiger partial charge in [-0.3, -0.25) is 0 Å². The van der Waals surface area contributed by atoms with Gasteiger partial charge in [-0.1, -0.05) is 116 Å². The van der Waals surface area contributed by atoms with E-state index in [1.165, 1.54) is 109 Å². The molecule has 0 aliphatic heterocycles. The topological polar surface area (TPSA) is 0 Å². The molecule has 0 amide bonds. The van der Waals surface area contributed by atoms with Crippen molar-refractivity contribution in [1.82, 2.24) is 0 Å². The quantitative estimate of drug-likeness (QED) is 0.174. The lowest BCUT2D eigenvalue weighted by Crippen LogP contribution is -1.94. The molecule has 1 atom stereocenters. The van der Waals surface area contributed by atoms with Gasteiger partial charge in [-0.05, 0) is 31.6 Å². The summed E-state index contributed by atoms with van der Waals surface area (Å²) < 4.78 is 0. The largest absolute Gasteiger partial charge is 0.0883 e. The molecular formula is C23H46. The molecule has 0 heteroatoms. The summed E-state index contributed by atoms with van der Waals surface area (Å²) in [4.78, 5) is 0. The Kier molecular flexibility index (Phi) is 19.6. The molecule has 0 aliphatic carbocycles. The standard InChI is InChI=1S/C23H46/c1-4-7-9-11-12-13-14-15-16-17-18-20-22-23(6-3)21-19-10-8-5-2/h20,22-23H,4-19,21H2,1-3H3. The van der Waals surface area contributed by atoms with Gasteiger partial charge in [0.05, 0.1) is 0 Å². The van der Waals surface area contributed by atoms with E-state index in [4.69, 9.17) is 0 Å². The van der Waals surface area contributed by atoms with Crippen LogP contribution in [0.15, 0.2) is 12.2 Å². The second-order valence-corrected chi connectivity index (χ2v) is 7.42. The summed E-state index contributed by atoms with van der Waals surface area (Å²) in [5, 5.41) is 0. The molecule has 1 unspecified atom stereocenters. The van der Waals surface area contributed by atoms with Gasteiger partial charge in [-0.15, -0.1) is 0 Å². The summed E-state index contributed by atoms with van der Waals surface area (Å²) in [6.07, 6.45) is 29.1. The zero-order valence-corrected chi connectivity index (χ0v) is 16.8. The first-order valence-electron chi connectivity index (χ1n) is 11.0. The molecule has 0 aromatic rings. The highest BCUT2D eigenvalue weighted by molar-refractivity contribution is 4.87. The van der Waals surface area contributed by atoms with Crippen molar-refractivity contribution in [1.29, 1.82) is 0 Å². The maximum atomic E-state index is 2.51. The van der Waals surface area contributed by atoms with E-state index in [9.17, 15) is 0 Å². The van der Waals surface area contributed by atoms with Gasteiger partial charge >= 0.3 is 0 Å². The smallest absolute Gasteiger partial charge is 0.0236 e. The Balaban J connectivity index is 3.34. The van der Waals surface area contributed by atoms with Crippen LogP contribution in [0.25, 0.3) is 0 Å². The van der Waals surface area contributed by atoms with Crippen molar-refractivity contribution in [2.45, 2.75) is 130 Å². The van der Waals surface area contributed by atoms with Crippen LogP contribution in [0.1, 0.15) is 130 Å². The molecule has 0 saturated heterocycles. The summed E-state index contributed by atoms with van der Waals surface area (Å²) in [6.45, 7) is 6.93. The Bertz CT molecular complexity index is 228. The van der Waals surface area contributed by atoms with E-state index in [1.54, 1.807) is 0 Å². The summed E-state index contributed by atoms with van der Waals surface area (Å²) in [5.74, 6) is 0.843. The first kappa shape index (κ1) is 22.7. The molecular weight excluding hydrogens is 276 g/mol. The van der Waals surface area contributed by atoms with E-state index >= 15 is 0 Å². The van der Waals surface area contributed by atoms with E-state index in [0.29, 0.717) is 0 Å². The highest BCUT2D eigenvalue weighted by Gasteiger charge is 2.01. The molecule has 0 bridgehead atoms. The average molecular weight is 323 g/mol. The summed E-state index contributed by atoms with van der Waals surface area (Å²) in [6, 6.07) is 0. The third kappa shape index (κ3) is 17.9. The SMILES string of the molecule is CCCCCCCCCCCCC=CC(CC)CCCCCC. The van der Waals surface area contributed by atoms with Crippen LogP contribution in [0.4, 0.5) is 0 Å². The second-order valence-electron chi connectivity index (χ2n) is 7.42. The molecule has 23 heavy (non-hydrogen) atoms. The molecule has 0 saturated carbocycles. The molecule has 0 heterocycles. The van der Waals surface area contributed by atoms with E-state index in [-0.39, 0.29) is 0 Å². The fourth-order valence-electron chi connectivity index (χ4n) is 3.31. The number of unbranched alkanes of at least 4 members (excludes halogenated alkanes) is 13. The third-order valence-corrected chi connectivity index (χ3v) is 5.09. The molecule has 0 aromatic carbocycles. The van der Waals surface area contributed by atoms with Crippen molar-refractivity contribution in [2.75, 3.05) is 0 Å². The van der Waals surface area contributed by atoms with E-state index < -0.39 is 0 Å². The van der Waals surface area contributed by atoms with Crippen LogP contribution in [-0.2, 0) is 0 Å². The number of hydrogen-bond donors (Lipinski definition) is 0. The Morgan fingerprint density at radius 2 is 1.04 bits per heavy atom. The van der Waals surface area contributed by atoms with Crippen molar-refractivity contribution in [3.63, 3.8) is 0 Å². The predicted octanol–water partition coefficient (Wildman–Crippen LogP) is 8.85. The van der Waals surface area contributed by atoms with Crippen LogP contribution >= 0.6 is 0 Å². The molecule has 0 radical (unpaired) electrons. The van der Waals surface area contributed by atoms with Crippen molar-refractivity contribution < 1.29 is 0 Å². The van der Waals surface area contributed by atoms with Gasteiger partial charge in [-0.25, -0.2) is 0 Å². The first-order valence-corrected chi connectivity index (χ1v) is 11.0. The number of hydrogen-bond acceptors (Lipinski definition) is 0. The van der Waals surface area contributed by atoms with E-state index in [1.807, 2.05) is 0 Å². The van der Waals surface area contributed by atoms with Gasteiger partial charge in [0.1, 0.15) is 0 Å². The highest BCUT2D eigenvalue weighted by atomic mass is 14.1. The average Bonchev–Trinajstić information content (AvgIpc) is 2.57. The summed E-state index contributed by atoms with van der Waals surface area (Å²) in [5.41, 5.74) is 0. The minimum Gasteiger partial charge on any atom is -0.0883 e. The molecule has 0 N–H and O–H groups in total. The van der Waals surface area contributed by atoms with Crippen LogP contribution in [0.5, 0.6) is 0 Å².